The molecule has 0 radical (unpaired) electrons. The smallest absolute Gasteiger partial charge is 0.219 e. The minimum Gasteiger partial charge on any atom is -0.370 e. The van der Waals surface area contributed by atoms with Gasteiger partial charge in [-0.05, 0) is 12.1 Å². The van der Waals surface area contributed by atoms with Crippen LogP contribution in [0.4, 0.5) is 11.6 Å². The molecule has 4 nitrogen and oxygen atoms in total. The summed E-state index contributed by atoms with van der Waals surface area (Å²) in [5, 5.41) is 0. The first-order valence-corrected chi connectivity index (χ1v) is 5.08. The van der Waals surface area contributed by atoms with Gasteiger partial charge >= 0.3 is 0 Å². The number of para-hydroxylation sites is 1. The van der Waals surface area contributed by atoms with Crippen LogP contribution in [0.3, 0.4) is 0 Å². The molecule has 1 aromatic carbocycles. The molecule has 0 aliphatic heterocycles. The number of anilines is 2. The minimum atomic E-state index is 0.311. The Morgan fingerprint density at radius 3 is 2.38 bits per heavy atom. The van der Waals surface area contributed by atoms with Gasteiger partial charge in [0.2, 0.25) is 5.95 Å². The van der Waals surface area contributed by atoms with Crippen LogP contribution in [0.5, 0.6) is 0 Å². The molecule has 0 bridgehead atoms. The highest BCUT2D eigenvalue weighted by Crippen LogP contribution is 2.13. The Morgan fingerprint density at radius 1 is 1.12 bits per heavy atom. The predicted octanol–water partition coefficient (Wildman–Crippen LogP) is 1.70. The summed E-state index contributed by atoms with van der Waals surface area (Å²) in [6.45, 7) is 0.768. The lowest BCUT2D eigenvalue weighted by atomic mass is 10.2. The van der Waals surface area contributed by atoms with Crippen molar-refractivity contribution in [1.29, 1.82) is 0 Å². The molecular weight excluding hydrogens is 200 g/mol. The Labute approximate surface area is 94.8 Å². The lowest BCUT2D eigenvalue weighted by Gasteiger charge is -2.18. The fraction of sp³-hybridized carbons (Fsp3) is 0.167. The summed E-state index contributed by atoms with van der Waals surface area (Å²) in [5.41, 5.74) is 7.64. The number of hydrogen-bond donors (Lipinski definition) is 1. The third-order valence-corrected chi connectivity index (χ3v) is 2.34. The Hall–Kier alpha value is -2.10. The molecular formula is C12H14N4. The van der Waals surface area contributed by atoms with Gasteiger partial charge < -0.3 is 10.6 Å². The van der Waals surface area contributed by atoms with Gasteiger partial charge in [-0.15, -0.1) is 0 Å². The Bertz CT molecular complexity index is 438. The molecule has 0 spiro atoms. The zero-order chi connectivity index (χ0) is 11.4. The quantitative estimate of drug-likeness (QED) is 0.844. The largest absolute Gasteiger partial charge is 0.370 e. The van der Waals surface area contributed by atoms with Gasteiger partial charge in [-0.25, -0.2) is 9.97 Å². The van der Waals surface area contributed by atoms with Crippen LogP contribution in [-0.2, 0) is 6.54 Å². The van der Waals surface area contributed by atoms with Gasteiger partial charge in [0, 0.05) is 37.2 Å². The summed E-state index contributed by atoms with van der Waals surface area (Å²) < 4.78 is 0. The van der Waals surface area contributed by atoms with Crippen LogP contribution in [0.1, 0.15) is 5.56 Å². The first-order valence-electron chi connectivity index (χ1n) is 5.08. The fourth-order valence-electron chi connectivity index (χ4n) is 1.49. The van der Waals surface area contributed by atoms with E-state index in [1.807, 2.05) is 25.2 Å². The summed E-state index contributed by atoms with van der Waals surface area (Å²) in [6.07, 6.45) is 3.50. The molecule has 0 saturated carbocycles. The third-order valence-electron chi connectivity index (χ3n) is 2.34. The van der Waals surface area contributed by atoms with E-state index in [2.05, 4.69) is 27.0 Å². The summed E-state index contributed by atoms with van der Waals surface area (Å²) >= 11 is 0. The minimum absolute atomic E-state index is 0.311. The number of hydrogen-bond acceptors (Lipinski definition) is 4. The third kappa shape index (κ3) is 2.48. The number of aromatic nitrogens is 2. The fourth-order valence-corrected chi connectivity index (χ4v) is 1.49. The molecule has 0 amide bonds. The Balaban J connectivity index is 2.08. The van der Waals surface area contributed by atoms with Crippen LogP contribution in [0.15, 0.2) is 42.7 Å². The molecule has 82 valence electrons. The molecule has 2 rings (SSSR count). The highest BCUT2D eigenvalue weighted by atomic mass is 15.1. The van der Waals surface area contributed by atoms with E-state index in [4.69, 9.17) is 5.73 Å². The van der Waals surface area contributed by atoms with Crippen LogP contribution in [0.2, 0.25) is 0 Å². The van der Waals surface area contributed by atoms with Crippen LogP contribution in [-0.4, -0.2) is 17.0 Å². The van der Waals surface area contributed by atoms with Crippen molar-refractivity contribution in [3.63, 3.8) is 0 Å². The number of nitrogens with zero attached hydrogens (tertiary/aromatic N) is 3. The molecule has 0 saturated heterocycles. The highest BCUT2D eigenvalue weighted by Gasteiger charge is 2.01. The van der Waals surface area contributed by atoms with E-state index in [9.17, 15) is 0 Å². The number of nitrogen functional groups attached to an aromatic ring is 1. The van der Waals surface area contributed by atoms with Crippen LogP contribution < -0.4 is 10.6 Å². The van der Waals surface area contributed by atoms with Gasteiger partial charge in [0.25, 0.3) is 0 Å². The van der Waals surface area contributed by atoms with Gasteiger partial charge in [0.15, 0.2) is 0 Å². The van der Waals surface area contributed by atoms with Crippen molar-refractivity contribution in [3.8, 4) is 0 Å². The van der Waals surface area contributed by atoms with E-state index in [0.717, 1.165) is 12.1 Å². The second kappa shape index (κ2) is 4.61. The van der Waals surface area contributed by atoms with E-state index in [1.54, 1.807) is 12.4 Å². The normalized spacial score (nSPS) is 10.1. The van der Waals surface area contributed by atoms with Crippen molar-refractivity contribution >= 4 is 11.6 Å². The molecule has 4 heteroatoms. The topological polar surface area (TPSA) is 55.0 Å². The van der Waals surface area contributed by atoms with E-state index in [-0.39, 0.29) is 0 Å². The molecule has 0 unspecified atom stereocenters. The first-order chi connectivity index (χ1) is 7.75. The maximum Gasteiger partial charge on any atom is 0.219 e. The van der Waals surface area contributed by atoms with Crippen LogP contribution in [0, 0.1) is 0 Å². The average molecular weight is 214 g/mol. The van der Waals surface area contributed by atoms with E-state index >= 15 is 0 Å². The SMILES string of the molecule is CN(Cc1cnc(N)nc1)c1ccccc1. The summed E-state index contributed by atoms with van der Waals surface area (Å²) in [4.78, 5) is 10.1. The average Bonchev–Trinajstić information content (AvgIpc) is 2.33. The lowest BCUT2D eigenvalue weighted by molar-refractivity contribution is 0.905. The van der Waals surface area contributed by atoms with Crippen molar-refractivity contribution in [3.05, 3.63) is 48.3 Å². The van der Waals surface area contributed by atoms with Crippen LogP contribution >= 0.6 is 0 Å². The Kier molecular flexibility index (Phi) is 3.00. The number of rotatable bonds is 3. The molecule has 1 heterocycles. The standard InChI is InChI=1S/C12H14N4/c1-16(11-5-3-2-4-6-11)9-10-7-14-12(13)15-8-10/h2-8H,9H2,1H3,(H2,13,14,15). The highest BCUT2D eigenvalue weighted by molar-refractivity contribution is 5.45. The van der Waals surface area contributed by atoms with Crippen molar-refractivity contribution in [2.24, 2.45) is 0 Å². The second-order valence-corrected chi connectivity index (χ2v) is 3.64. The summed E-state index contributed by atoms with van der Waals surface area (Å²) in [6, 6.07) is 10.2. The molecule has 1 aromatic heterocycles. The van der Waals surface area contributed by atoms with Gasteiger partial charge in [-0.2, -0.15) is 0 Å². The lowest BCUT2D eigenvalue weighted by Crippen LogP contribution is -2.16. The van der Waals surface area contributed by atoms with Crippen molar-refractivity contribution in [1.82, 2.24) is 9.97 Å². The molecule has 0 fully saturated rings. The van der Waals surface area contributed by atoms with Gasteiger partial charge in [-0.1, -0.05) is 18.2 Å². The van der Waals surface area contributed by atoms with Crippen molar-refractivity contribution in [2.45, 2.75) is 6.54 Å². The molecule has 2 N–H and O–H groups in total. The monoisotopic (exact) mass is 214 g/mol. The second-order valence-electron chi connectivity index (χ2n) is 3.64. The summed E-state index contributed by atoms with van der Waals surface area (Å²) in [5.74, 6) is 0.311. The van der Waals surface area contributed by atoms with E-state index < -0.39 is 0 Å². The molecule has 16 heavy (non-hydrogen) atoms. The van der Waals surface area contributed by atoms with Crippen molar-refractivity contribution in [2.75, 3.05) is 17.7 Å². The molecule has 2 aromatic rings. The Morgan fingerprint density at radius 2 is 1.75 bits per heavy atom. The zero-order valence-electron chi connectivity index (χ0n) is 9.17. The van der Waals surface area contributed by atoms with Crippen LogP contribution in [0.25, 0.3) is 0 Å². The van der Waals surface area contributed by atoms with Gasteiger partial charge in [-0.3, -0.25) is 0 Å². The maximum atomic E-state index is 5.43. The molecule has 0 atom stereocenters. The summed E-state index contributed by atoms with van der Waals surface area (Å²) in [7, 11) is 2.03. The molecule has 0 aliphatic carbocycles. The first kappa shape index (κ1) is 10.4. The van der Waals surface area contributed by atoms with Crippen molar-refractivity contribution < 1.29 is 0 Å². The number of benzene rings is 1. The maximum absolute atomic E-state index is 5.43. The predicted molar refractivity (Wildman–Crippen MR) is 65.0 cm³/mol. The van der Waals surface area contributed by atoms with E-state index in [1.165, 1.54) is 5.69 Å². The van der Waals surface area contributed by atoms with Gasteiger partial charge in [0.1, 0.15) is 0 Å². The zero-order valence-corrected chi connectivity index (χ0v) is 9.17. The van der Waals surface area contributed by atoms with E-state index in [0.29, 0.717) is 5.95 Å². The number of nitrogens with two attached hydrogens (primary N) is 1. The van der Waals surface area contributed by atoms with Gasteiger partial charge in [0.05, 0.1) is 0 Å². The molecule has 0 aliphatic rings.